The van der Waals surface area contributed by atoms with Crippen LogP contribution >= 0.6 is 0 Å². The van der Waals surface area contributed by atoms with Gasteiger partial charge in [-0.2, -0.15) is 0 Å². The Balaban J connectivity index is 3.15. The largest absolute Gasteiger partial charge is 0.481 e. The van der Waals surface area contributed by atoms with Crippen LogP contribution in [0.3, 0.4) is 0 Å². The number of aliphatic hydroxyl groups is 1. The third-order valence-electron chi connectivity index (χ3n) is 2.49. The van der Waals surface area contributed by atoms with E-state index in [2.05, 4.69) is 0 Å². The van der Waals surface area contributed by atoms with Crippen LogP contribution in [0.5, 0.6) is 0 Å². The fourth-order valence-electron chi connectivity index (χ4n) is 1.44. The number of hydrogen-bond donors (Lipinski definition) is 2. The first-order valence-corrected chi connectivity index (χ1v) is 7.38. The molecule has 0 aliphatic heterocycles. The molecule has 0 saturated carbocycles. The lowest BCUT2D eigenvalue weighted by atomic mass is 10.2. The van der Waals surface area contributed by atoms with E-state index < -0.39 is 5.97 Å². The Morgan fingerprint density at radius 1 is 0.727 bits per heavy atom. The molecular formula is C14H26O8. The van der Waals surface area contributed by atoms with Crippen molar-refractivity contribution < 1.29 is 38.7 Å². The molecule has 0 atom stereocenters. The third kappa shape index (κ3) is 16.8. The number of carboxylic acid groups (broad SMARTS) is 1. The summed E-state index contributed by atoms with van der Waals surface area (Å²) in [6.45, 7) is 2.47. The number of carbonyl (C=O) groups is 2. The minimum atomic E-state index is -0.857. The summed E-state index contributed by atoms with van der Waals surface area (Å²) in [6, 6.07) is 0. The smallest absolute Gasteiger partial charge is 0.305 e. The third-order valence-corrected chi connectivity index (χ3v) is 2.49. The Labute approximate surface area is 130 Å². The zero-order valence-electron chi connectivity index (χ0n) is 12.8. The fraction of sp³-hybridized carbons (Fsp3) is 0.857. The lowest BCUT2D eigenvalue weighted by molar-refractivity contribution is -0.146. The molecule has 0 aliphatic rings. The molecule has 0 aliphatic carbocycles. The Kier molecular flexibility index (Phi) is 15.3. The van der Waals surface area contributed by atoms with E-state index in [1.54, 1.807) is 0 Å². The maximum absolute atomic E-state index is 11.3. The Morgan fingerprint density at radius 2 is 1.23 bits per heavy atom. The summed E-state index contributed by atoms with van der Waals surface area (Å²) in [7, 11) is 0. The molecule has 0 rings (SSSR count). The number of carboxylic acids is 1. The standard InChI is InChI=1S/C14H26O8/c15-5-6-19-7-8-20-9-10-21-11-12-22-14(18)4-2-1-3-13(16)17/h15H,1-12H2,(H,16,17). The van der Waals surface area contributed by atoms with Crippen molar-refractivity contribution in [1.82, 2.24) is 0 Å². The first-order chi connectivity index (χ1) is 10.7. The molecule has 0 unspecified atom stereocenters. The summed E-state index contributed by atoms with van der Waals surface area (Å²) in [5.74, 6) is -1.20. The van der Waals surface area contributed by atoms with Crippen LogP contribution < -0.4 is 0 Å². The molecule has 0 aromatic carbocycles. The van der Waals surface area contributed by atoms with Gasteiger partial charge < -0.3 is 29.2 Å². The number of unbranched alkanes of at least 4 members (excludes halogenated alkanes) is 1. The average Bonchev–Trinajstić information content (AvgIpc) is 2.49. The Bertz CT molecular complexity index is 282. The van der Waals surface area contributed by atoms with E-state index in [9.17, 15) is 9.59 Å². The molecule has 8 nitrogen and oxygen atoms in total. The fourth-order valence-corrected chi connectivity index (χ4v) is 1.44. The molecule has 0 aromatic heterocycles. The van der Waals surface area contributed by atoms with E-state index in [1.807, 2.05) is 0 Å². The van der Waals surface area contributed by atoms with Crippen LogP contribution in [0.15, 0.2) is 0 Å². The maximum Gasteiger partial charge on any atom is 0.305 e. The maximum atomic E-state index is 11.3. The van der Waals surface area contributed by atoms with Gasteiger partial charge in [0, 0.05) is 12.8 Å². The highest BCUT2D eigenvalue weighted by atomic mass is 16.6. The topological polar surface area (TPSA) is 112 Å². The van der Waals surface area contributed by atoms with Gasteiger partial charge in [0.15, 0.2) is 0 Å². The predicted molar refractivity (Wildman–Crippen MR) is 76.6 cm³/mol. The molecule has 0 heterocycles. The summed E-state index contributed by atoms with van der Waals surface area (Å²) >= 11 is 0. The average molecular weight is 322 g/mol. The van der Waals surface area contributed by atoms with Crippen molar-refractivity contribution in [3.63, 3.8) is 0 Å². The van der Waals surface area contributed by atoms with Crippen molar-refractivity contribution in [2.75, 3.05) is 52.9 Å². The Morgan fingerprint density at radius 3 is 1.77 bits per heavy atom. The highest BCUT2D eigenvalue weighted by Gasteiger charge is 2.04. The minimum Gasteiger partial charge on any atom is -0.481 e. The highest BCUT2D eigenvalue weighted by molar-refractivity contribution is 5.69. The van der Waals surface area contributed by atoms with Crippen molar-refractivity contribution in [2.45, 2.75) is 25.7 Å². The number of rotatable bonds is 16. The van der Waals surface area contributed by atoms with Gasteiger partial charge in [-0.05, 0) is 12.8 Å². The van der Waals surface area contributed by atoms with Crippen LogP contribution in [0.25, 0.3) is 0 Å². The molecule has 0 amide bonds. The number of aliphatic hydroxyl groups excluding tert-OH is 1. The van der Waals surface area contributed by atoms with Gasteiger partial charge in [0.05, 0.1) is 46.2 Å². The molecule has 130 valence electrons. The number of hydrogen-bond acceptors (Lipinski definition) is 7. The lowest BCUT2D eigenvalue weighted by Gasteiger charge is -2.07. The minimum absolute atomic E-state index is 0.00138. The summed E-state index contributed by atoms with van der Waals surface area (Å²) in [6.07, 6.45) is 1.28. The second kappa shape index (κ2) is 16.2. The van der Waals surface area contributed by atoms with Crippen LogP contribution in [0.4, 0.5) is 0 Å². The molecule has 22 heavy (non-hydrogen) atoms. The SMILES string of the molecule is O=C(O)CCCCC(=O)OCCOCCOCCOCCO. The zero-order valence-corrected chi connectivity index (χ0v) is 12.8. The molecule has 0 bridgehead atoms. The molecule has 0 saturated heterocycles. The lowest BCUT2D eigenvalue weighted by Crippen LogP contribution is -2.14. The molecular weight excluding hydrogens is 296 g/mol. The van der Waals surface area contributed by atoms with Gasteiger partial charge >= 0.3 is 11.9 Å². The van der Waals surface area contributed by atoms with E-state index in [0.717, 1.165) is 0 Å². The van der Waals surface area contributed by atoms with Crippen LogP contribution in [0.1, 0.15) is 25.7 Å². The molecule has 0 fully saturated rings. The number of esters is 1. The van der Waals surface area contributed by atoms with Crippen LogP contribution in [-0.2, 0) is 28.5 Å². The van der Waals surface area contributed by atoms with Gasteiger partial charge in [0.2, 0.25) is 0 Å². The predicted octanol–water partition coefficient (Wildman–Crippen LogP) is 0.217. The van der Waals surface area contributed by atoms with E-state index in [1.165, 1.54) is 0 Å². The normalized spacial score (nSPS) is 10.6. The van der Waals surface area contributed by atoms with Gasteiger partial charge in [0.25, 0.3) is 0 Å². The van der Waals surface area contributed by atoms with E-state index >= 15 is 0 Å². The van der Waals surface area contributed by atoms with E-state index in [0.29, 0.717) is 52.5 Å². The number of aliphatic carboxylic acids is 1. The van der Waals surface area contributed by atoms with Gasteiger partial charge in [-0.15, -0.1) is 0 Å². The van der Waals surface area contributed by atoms with Gasteiger partial charge in [-0.1, -0.05) is 0 Å². The van der Waals surface area contributed by atoms with E-state index in [-0.39, 0.29) is 32.0 Å². The van der Waals surface area contributed by atoms with Crippen LogP contribution in [0, 0.1) is 0 Å². The van der Waals surface area contributed by atoms with Gasteiger partial charge in [-0.25, -0.2) is 0 Å². The van der Waals surface area contributed by atoms with Gasteiger partial charge in [0.1, 0.15) is 6.61 Å². The number of carbonyl (C=O) groups excluding carboxylic acids is 1. The van der Waals surface area contributed by atoms with Crippen LogP contribution in [0.2, 0.25) is 0 Å². The zero-order chi connectivity index (χ0) is 16.5. The molecule has 0 spiro atoms. The summed E-state index contributed by atoms with van der Waals surface area (Å²) in [5.41, 5.74) is 0. The number of ether oxygens (including phenoxy) is 4. The quantitative estimate of drug-likeness (QED) is 0.306. The van der Waals surface area contributed by atoms with Crippen molar-refractivity contribution in [1.29, 1.82) is 0 Å². The molecule has 2 N–H and O–H groups in total. The highest BCUT2D eigenvalue weighted by Crippen LogP contribution is 2.01. The second-order valence-electron chi connectivity index (χ2n) is 4.38. The van der Waals surface area contributed by atoms with Gasteiger partial charge in [-0.3, -0.25) is 9.59 Å². The van der Waals surface area contributed by atoms with E-state index in [4.69, 9.17) is 29.2 Å². The van der Waals surface area contributed by atoms with Crippen molar-refractivity contribution in [3.05, 3.63) is 0 Å². The van der Waals surface area contributed by atoms with Crippen molar-refractivity contribution >= 4 is 11.9 Å². The van der Waals surface area contributed by atoms with Crippen molar-refractivity contribution in [3.8, 4) is 0 Å². The van der Waals surface area contributed by atoms with Crippen molar-refractivity contribution in [2.24, 2.45) is 0 Å². The monoisotopic (exact) mass is 322 g/mol. The second-order valence-corrected chi connectivity index (χ2v) is 4.38. The van der Waals surface area contributed by atoms with Crippen LogP contribution in [-0.4, -0.2) is 75.0 Å². The summed E-state index contributed by atoms with van der Waals surface area (Å²) in [5, 5.41) is 16.9. The molecule has 8 heteroatoms. The molecule has 0 radical (unpaired) electrons. The molecule has 0 aromatic rings. The first kappa shape index (κ1) is 20.8. The summed E-state index contributed by atoms with van der Waals surface area (Å²) in [4.78, 5) is 21.5. The summed E-state index contributed by atoms with van der Waals surface area (Å²) < 4.78 is 20.3. The Hall–Kier alpha value is -1.22. The first-order valence-electron chi connectivity index (χ1n) is 7.38.